The molecule has 0 aliphatic heterocycles. The van der Waals surface area contributed by atoms with Gasteiger partial charge in [0.25, 0.3) is 5.56 Å². The lowest BCUT2D eigenvalue weighted by molar-refractivity contribution is -0.120. The van der Waals surface area contributed by atoms with Crippen LogP contribution in [0.1, 0.15) is 13.8 Å². The minimum Gasteiger partial charge on any atom is -0.325 e. The van der Waals surface area contributed by atoms with Crippen molar-refractivity contribution in [2.75, 3.05) is 5.32 Å². The summed E-state index contributed by atoms with van der Waals surface area (Å²) in [5.74, 6) is -0.254. The highest BCUT2D eigenvalue weighted by atomic mass is 16.2. The molecule has 2 aromatic rings. The van der Waals surface area contributed by atoms with Gasteiger partial charge in [0.15, 0.2) is 0 Å². The molecule has 6 heteroatoms. The first-order chi connectivity index (χ1) is 8.86. The lowest BCUT2D eigenvalue weighted by Gasteiger charge is -2.17. The van der Waals surface area contributed by atoms with Gasteiger partial charge in [-0.15, -0.1) is 0 Å². The highest BCUT2D eigenvalue weighted by Gasteiger charge is 2.21. The molecule has 5 N–H and O–H groups in total. The number of H-pyrrole nitrogens is 2. The van der Waals surface area contributed by atoms with Gasteiger partial charge >= 0.3 is 0 Å². The van der Waals surface area contributed by atoms with Crippen LogP contribution in [0.5, 0.6) is 0 Å². The summed E-state index contributed by atoms with van der Waals surface area (Å²) >= 11 is 0. The van der Waals surface area contributed by atoms with Crippen LogP contribution in [-0.2, 0) is 4.79 Å². The smallest absolute Gasteiger partial charge is 0.264 e. The zero-order valence-electron chi connectivity index (χ0n) is 10.8. The summed E-state index contributed by atoms with van der Waals surface area (Å²) in [5.41, 5.74) is 6.79. The first-order valence-electron chi connectivity index (χ1n) is 5.85. The van der Waals surface area contributed by atoms with Crippen LogP contribution < -0.4 is 16.6 Å². The monoisotopic (exact) mass is 260 g/mol. The van der Waals surface area contributed by atoms with E-state index in [1.807, 2.05) is 0 Å². The van der Waals surface area contributed by atoms with Crippen molar-refractivity contribution >= 4 is 11.6 Å². The predicted octanol–water partition coefficient (Wildman–Crippen LogP) is 1.05. The number of aromatic amines is 2. The molecule has 0 aliphatic carbocycles. The Morgan fingerprint density at radius 1 is 1.21 bits per heavy atom. The summed E-state index contributed by atoms with van der Waals surface area (Å²) in [7, 11) is 0. The minimum atomic E-state index is -0.926. The second-order valence-electron chi connectivity index (χ2n) is 4.93. The highest BCUT2D eigenvalue weighted by molar-refractivity contribution is 5.97. The van der Waals surface area contributed by atoms with E-state index < -0.39 is 5.54 Å². The fraction of sp³-hybridized carbons (Fsp3) is 0.231. The van der Waals surface area contributed by atoms with Crippen molar-refractivity contribution in [2.24, 2.45) is 5.73 Å². The molecule has 100 valence electrons. The molecule has 1 heterocycles. The molecule has 6 nitrogen and oxygen atoms in total. The number of hydrogen-bond acceptors (Lipinski definition) is 3. The van der Waals surface area contributed by atoms with Gasteiger partial charge in [0.05, 0.1) is 11.2 Å². The van der Waals surface area contributed by atoms with Crippen LogP contribution in [0.4, 0.5) is 5.69 Å². The topological polar surface area (TPSA) is 104 Å². The third-order valence-corrected chi connectivity index (χ3v) is 2.63. The lowest BCUT2D eigenvalue weighted by atomic mass is 10.1. The van der Waals surface area contributed by atoms with Gasteiger partial charge in [-0.2, -0.15) is 0 Å². The van der Waals surface area contributed by atoms with Crippen molar-refractivity contribution in [3.05, 3.63) is 40.7 Å². The molecule has 2 rings (SSSR count). The number of carbonyl (C=O) groups is 1. The normalized spacial score (nSPS) is 11.3. The Bertz CT molecular complexity index is 632. The number of aromatic nitrogens is 2. The van der Waals surface area contributed by atoms with Gasteiger partial charge in [-0.1, -0.05) is 12.1 Å². The van der Waals surface area contributed by atoms with Gasteiger partial charge in [0.1, 0.15) is 0 Å². The van der Waals surface area contributed by atoms with Gasteiger partial charge < -0.3 is 11.1 Å². The van der Waals surface area contributed by atoms with Crippen molar-refractivity contribution in [2.45, 2.75) is 19.4 Å². The molecule has 1 amide bonds. The Hall–Kier alpha value is -2.34. The van der Waals surface area contributed by atoms with E-state index in [4.69, 9.17) is 5.73 Å². The lowest BCUT2D eigenvalue weighted by Crippen LogP contribution is -2.45. The summed E-state index contributed by atoms with van der Waals surface area (Å²) in [5, 5.41) is 7.95. The summed E-state index contributed by atoms with van der Waals surface area (Å²) in [6.07, 6.45) is 0. The van der Waals surface area contributed by atoms with E-state index in [0.29, 0.717) is 11.4 Å². The predicted molar refractivity (Wildman–Crippen MR) is 73.7 cm³/mol. The van der Waals surface area contributed by atoms with Gasteiger partial charge in [0.2, 0.25) is 5.91 Å². The molecule has 19 heavy (non-hydrogen) atoms. The van der Waals surface area contributed by atoms with Crippen LogP contribution in [-0.4, -0.2) is 21.6 Å². The van der Waals surface area contributed by atoms with Crippen molar-refractivity contribution in [1.82, 2.24) is 10.2 Å². The molecule has 0 saturated carbocycles. The van der Waals surface area contributed by atoms with Gasteiger partial charge in [0, 0.05) is 11.8 Å². The maximum Gasteiger partial charge on any atom is 0.264 e. The molecule has 1 aromatic carbocycles. The first-order valence-corrected chi connectivity index (χ1v) is 5.85. The Morgan fingerprint density at radius 2 is 1.84 bits per heavy atom. The van der Waals surface area contributed by atoms with Crippen molar-refractivity contribution in [1.29, 1.82) is 0 Å². The summed E-state index contributed by atoms with van der Waals surface area (Å²) < 4.78 is 0. The second-order valence-corrected chi connectivity index (χ2v) is 4.93. The Balaban J connectivity index is 2.15. The van der Waals surface area contributed by atoms with Crippen molar-refractivity contribution in [3.8, 4) is 11.3 Å². The second kappa shape index (κ2) is 4.74. The molecule has 0 aliphatic rings. The third-order valence-electron chi connectivity index (χ3n) is 2.63. The van der Waals surface area contributed by atoms with Crippen molar-refractivity contribution < 1.29 is 4.79 Å². The van der Waals surface area contributed by atoms with Crippen LogP contribution in [0.3, 0.4) is 0 Å². The number of benzene rings is 1. The number of hydrogen-bond donors (Lipinski definition) is 4. The van der Waals surface area contributed by atoms with E-state index in [-0.39, 0.29) is 11.5 Å². The van der Waals surface area contributed by atoms with E-state index in [1.165, 1.54) is 6.07 Å². The molecule has 0 spiro atoms. The Labute approximate surface area is 110 Å². The summed E-state index contributed by atoms with van der Waals surface area (Å²) in [6, 6.07) is 8.58. The van der Waals surface area contributed by atoms with Gasteiger partial charge in [-0.3, -0.25) is 19.8 Å². The van der Waals surface area contributed by atoms with E-state index >= 15 is 0 Å². The van der Waals surface area contributed by atoms with E-state index in [1.54, 1.807) is 38.1 Å². The van der Waals surface area contributed by atoms with Crippen LogP contribution in [0.2, 0.25) is 0 Å². The molecule has 1 aromatic heterocycles. The van der Waals surface area contributed by atoms with Gasteiger partial charge in [-0.05, 0) is 31.5 Å². The van der Waals surface area contributed by atoms with Gasteiger partial charge in [-0.25, -0.2) is 0 Å². The molecule has 0 radical (unpaired) electrons. The van der Waals surface area contributed by atoms with E-state index in [9.17, 15) is 9.59 Å². The van der Waals surface area contributed by atoms with E-state index in [2.05, 4.69) is 15.5 Å². The Kier molecular flexibility index (Phi) is 3.26. The minimum absolute atomic E-state index is 0.183. The van der Waals surface area contributed by atoms with Crippen LogP contribution in [0.25, 0.3) is 11.3 Å². The van der Waals surface area contributed by atoms with Crippen molar-refractivity contribution in [3.63, 3.8) is 0 Å². The van der Waals surface area contributed by atoms with Crippen LogP contribution in [0, 0.1) is 0 Å². The van der Waals surface area contributed by atoms with Crippen LogP contribution >= 0.6 is 0 Å². The zero-order chi connectivity index (χ0) is 14.0. The average molecular weight is 260 g/mol. The SMILES string of the molecule is CC(C)(N)C(=O)Nc1ccc(-c2cc(=O)[nH][nH]2)cc1. The number of amides is 1. The molecule has 0 saturated heterocycles. The Morgan fingerprint density at radius 3 is 2.32 bits per heavy atom. The maximum absolute atomic E-state index is 11.7. The molecule has 0 atom stereocenters. The summed E-state index contributed by atoms with van der Waals surface area (Å²) in [6.45, 7) is 3.28. The first kappa shape index (κ1) is 13.1. The number of nitrogens with one attached hydrogen (secondary N) is 3. The largest absolute Gasteiger partial charge is 0.325 e. The number of rotatable bonds is 3. The molecular weight excluding hydrogens is 244 g/mol. The summed E-state index contributed by atoms with van der Waals surface area (Å²) in [4.78, 5) is 22.7. The average Bonchev–Trinajstić information content (AvgIpc) is 2.75. The highest BCUT2D eigenvalue weighted by Crippen LogP contribution is 2.18. The maximum atomic E-state index is 11.7. The molecule has 0 unspecified atom stereocenters. The number of anilines is 1. The molecular formula is C13H16N4O2. The van der Waals surface area contributed by atoms with Crippen LogP contribution in [0.15, 0.2) is 35.1 Å². The third kappa shape index (κ3) is 3.11. The zero-order valence-corrected chi connectivity index (χ0v) is 10.8. The fourth-order valence-electron chi connectivity index (χ4n) is 1.51. The standard InChI is InChI=1S/C13H16N4O2/c1-13(2,14)12(19)15-9-5-3-8(4-6-9)10-7-11(18)17-16-10/h3-7H,14H2,1-2H3,(H,15,19)(H2,16,17,18). The number of nitrogens with two attached hydrogens (primary N) is 1. The molecule has 0 fully saturated rings. The quantitative estimate of drug-likeness (QED) is 0.663. The molecule has 0 bridgehead atoms. The van der Waals surface area contributed by atoms with E-state index in [0.717, 1.165) is 5.56 Å². The fourth-order valence-corrected chi connectivity index (χ4v) is 1.51. The number of carbonyl (C=O) groups excluding carboxylic acids is 1.